The van der Waals surface area contributed by atoms with Crippen molar-refractivity contribution >= 4 is 15.6 Å². The Bertz CT molecular complexity index is 494. The summed E-state index contributed by atoms with van der Waals surface area (Å²) in [6, 6.07) is -0.776. The summed E-state index contributed by atoms with van der Waals surface area (Å²) in [6.45, 7) is 0. The first-order valence-corrected chi connectivity index (χ1v) is 7.14. The minimum absolute atomic E-state index is 0.0709. The normalized spacial score (nSPS) is 13.6. The van der Waals surface area contributed by atoms with E-state index in [0.29, 0.717) is 5.82 Å². The number of Topliss-reactive ketones (excluding diaryl/α,β-unsaturated/α-hetero) is 1. The van der Waals surface area contributed by atoms with Gasteiger partial charge < -0.3 is 5.73 Å². The summed E-state index contributed by atoms with van der Waals surface area (Å²) >= 11 is 0. The van der Waals surface area contributed by atoms with Crippen LogP contribution < -0.4 is 5.73 Å². The molecular formula is C9H16N4O3S. The molecule has 96 valence electrons. The monoisotopic (exact) mass is 260 g/mol. The van der Waals surface area contributed by atoms with Gasteiger partial charge in [-0.15, -0.1) is 0 Å². The van der Waals surface area contributed by atoms with E-state index in [0.717, 1.165) is 6.26 Å². The largest absolute Gasteiger partial charge is 0.321 e. The molecule has 1 aromatic heterocycles. The average Bonchev–Trinajstić information content (AvgIpc) is 2.59. The van der Waals surface area contributed by atoms with Crippen molar-refractivity contribution in [2.24, 2.45) is 12.8 Å². The van der Waals surface area contributed by atoms with Crippen LogP contribution in [0.1, 0.15) is 12.2 Å². The van der Waals surface area contributed by atoms with Crippen molar-refractivity contribution in [3.8, 4) is 0 Å². The Balaban J connectivity index is 2.51. The number of nitrogens with zero attached hydrogens (tertiary/aromatic N) is 3. The SMILES string of the molecule is Cn1ncnc1CC(=O)C(N)CCS(C)(=O)=O. The molecule has 0 aromatic carbocycles. The number of nitrogens with two attached hydrogens (primary N) is 1. The van der Waals surface area contributed by atoms with E-state index in [2.05, 4.69) is 10.1 Å². The first kappa shape index (κ1) is 13.8. The number of hydrogen-bond acceptors (Lipinski definition) is 6. The molecule has 1 unspecified atom stereocenters. The predicted molar refractivity (Wildman–Crippen MR) is 62.0 cm³/mol. The minimum Gasteiger partial charge on any atom is -0.321 e. The minimum atomic E-state index is -3.09. The third-order valence-corrected chi connectivity index (χ3v) is 3.33. The van der Waals surface area contributed by atoms with Crippen molar-refractivity contribution in [2.75, 3.05) is 12.0 Å². The van der Waals surface area contributed by atoms with Crippen molar-refractivity contribution in [1.29, 1.82) is 0 Å². The van der Waals surface area contributed by atoms with Crippen LogP contribution in [0.3, 0.4) is 0 Å². The van der Waals surface area contributed by atoms with Gasteiger partial charge in [0.1, 0.15) is 22.0 Å². The Morgan fingerprint density at radius 2 is 2.24 bits per heavy atom. The lowest BCUT2D eigenvalue weighted by molar-refractivity contribution is -0.119. The fourth-order valence-electron chi connectivity index (χ4n) is 1.27. The van der Waals surface area contributed by atoms with E-state index in [4.69, 9.17) is 5.73 Å². The summed E-state index contributed by atoms with van der Waals surface area (Å²) in [5.41, 5.74) is 5.62. The molecule has 8 heteroatoms. The van der Waals surface area contributed by atoms with Crippen molar-refractivity contribution in [2.45, 2.75) is 18.9 Å². The molecule has 0 amide bonds. The van der Waals surface area contributed by atoms with Crippen LogP contribution in [-0.4, -0.2) is 47.0 Å². The van der Waals surface area contributed by atoms with E-state index in [9.17, 15) is 13.2 Å². The van der Waals surface area contributed by atoms with Crippen LogP contribution >= 0.6 is 0 Å². The van der Waals surface area contributed by atoms with Crippen molar-refractivity contribution in [3.63, 3.8) is 0 Å². The number of ketones is 1. The van der Waals surface area contributed by atoms with Crippen LogP contribution in [0.5, 0.6) is 0 Å². The fraction of sp³-hybridized carbons (Fsp3) is 0.667. The molecule has 0 aliphatic rings. The van der Waals surface area contributed by atoms with Crippen LogP contribution in [0, 0.1) is 0 Å². The number of carbonyl (C=O) groups excluding carboxylic acids is 1. The maximum absolute atomic E-state index is 11.7. The molecular weight excluding hydrogens is 244 g/mol. The highest BCUT2D eigenvalue weighted by atomic mass is 32.2. The van der Waals surface area contributed by atoms with Gasteiger partial charge in [-0.1, -0.05) is 0 Å². The van der Waals surface area contributed by atoms with Gasteiger partial charge in [-0.2, -0.15) is 5.10 Å². The van der Waals surface area contributed by atoms with Crippen molar-refractivity contribution in [1.82, 2.24) is 14.8 Å². The summed E-state index contributed by atoms with van der Waals surface area (Å²) in [5.74, 6) is 0.202. The van der Waals surface area contributed by atoms with Crippen molar-refractivity contribution < 1.29 is 13.2 Å². The van der Waals surface area contributed by atoms with Gasteiger partial charge >= 0.3 is 0 Å². The second kappa shape index (κ2) is 5.37. The smallest absolute Gasteiger partial charge is 0.157 e. The topological polar surface area (TPSA) is 108 Å². The van der Waals surface area contributed by atoms with Crippen LogP contribution in [-0.2, 0) is 28.1 Å². The molecule has 0 saturated carbocycles. The third kappa shape index (κ3) is 4.61. The van der Waals surface area contributed by atoms with Crippen molar-refractivity contribution in [3.05, 3.63) is 12.2 Å². The fourth-order valence-corrected chi connectivity index (χ4v) is 1.95. The zero-order chi connectivity index (χ0) is 13.1. The highest BCUT2D eigenvalue weighted by molar-refractivity contribution is 7.90. The lowest BCUT2D eigenvalue weighted by Crippen LogP contribution is -2.34. The molecule has 17 heavy (non-hydrogen) atoms. The quantitative estimate of drug-likeness (QED) is 0.680. The Hall–Kier alpha value is -1.28. The first-order chi connectivity index (χ1) is 7.79. The van der Waals surface area contributed by atoms with Crippen LogP contribution in [0.2, 0.25) is 0 Å². The van der Waals surface area contributed by atoms with Gasteiger partial charge in [-0.3, -0.25) is 9.48 Å². The molecule has 1 atom stereocenters. The number of hydrogen-bond donors (Lipinski definition) is 1. The maximum atomic E-state index is 11.7. The van der Waals surface area contributed by atoms with E-state index in [1.807, 2.05) is 0 Å². The lowest BCUT2D eigenvalue weighted by atomic mass is 10.1. The molecule has 0 aliphatic carbocycles. The Morgan fingerprint density at radius 1 is 1.59 bits per heavy atom. The Labute approximate surface area is 99.9 Å². The van der Waals surface area contributed by atoms with E-state index in [-0.39, 0.29) is 24.4 Å². The average molecular weight is 260 g/mol. The van der Waals surface area contributed by atoms with E-state index >= 15 is 0 Å². The molecule has 0 aliphatic heterocycles. The van der Waals surface area contributed by atoms with E-state index in [1.54, 1.807) is 7.05 Å². The molecule has 0 saturated heterocycles. The zero-order valence-corrected chi connectivity index (χ0v) is 10.6. The molecule has 1 rings (SSSR count). The molecule has 1 heterocycles. The standard InChI is InChI=1S/C9H16N4O3S/c1-13-9(11-6-12-13)5-8(14)7(10)3-4-17(2,15)16/h6-7H,3-5,10H2,1-2H3. The van der Waals surface area contributed by atoms with Gasteiger partial charge in [-0.25, -0.2) is 13.4 Å². The zero-order valence-electron chi connectivity index (χ0n) is 9.83. The lowest BCUT2D eigenvalue weighted by Gasteiger charge is -2.09. The molecule has 0 fully saturated rings. The first-order valence-electron chi connectivity index (χ1n) is 5.08. The van der Waals surface area contributed by atoms with Crippen LogP contribution in [0.15, 0.2) is 6.33 Å². The summed E-state index contributed by atoms with van der Waals surface area (Å²) < 4.78 is 23.4. The van der Waals surface area contributed by atoms with Gasteiger partial charge in [0.15, 0.2) is 5.78 Å². The Morgan fingerprint density at radius 3 is 2.71 bits per heavy atom. The number of aryl methyl sites for hydroxylation is 1. The second-order valence-corrected chi connectivity index (χ2v) is 6.23. The highest BCUT2D eigenvalue weighted by Crippen LogP contribution is 2.00. The predicted octanol–water partition coefficient (Wildman–Crippen LogP) is -1.31. The molecule has 0 spiro atoms. The summed E-state index contributed by atoms with van der Waals surface area (Å²) in [7, 11) is -1.41. The van der Waals surface area contributed by atoms with Gasteiger partial charge in [0.25, 0.3) is 0 Å². The van der Waals surface area contributed by atoms with E-state index < -0.39 is 15.9 Å². The molecule has 0 radical (unpaired) electrons. The third-order valence-electron chi connectivity index (χ3n) is 2.35. The number of carbonyl (C=O) groups is 1. The summed E-state index contributed by atoms with van der Waals surface area (Å²) in [4.78, 5) is 15.6. The van der Waals surface area contributed by atoms with Gasteiger partial charge in [0.05, 0.1) is 18.2 Å². The molecule has 7 nitrogen and oxygen atoms in total. The maximum Gasteiger partial charge on any atom is 0.157 e. The van der Waals surface area contributed by atoms with Crippen LogP contribution in [0.25, 0.3) is 0 Å². The highest BCUT2D eigenvalue weighted by Gasteiger charge is 2.18. The Kier molecular flexibility index (Phi) is 4.35. The van der Waals surface area contributed by atoms with Gasteiger partial charge in [0, 0.05) is 13.3 Å². The molecule has 2 N–H and O–H groups in total. The summed E-state index contributed by atoms with van der Waals surface area (Å²) in [5, 5.41) is 3.83. The number of sulfone groups is 1. The van der Waals surface area contributed by atoms with Gasteiger partial charge in [0.2, 0.25) is 0 Å². The van der Waals surface area contributed by atoms with Crippen LogP contribution in [0.4, 0.5) is 0 Å². The molecule has 0 bridgehead atoms. The summed E-state index contributed by atoms with van der Waals surface area (Å²) in [6.07, 6.45) is 2.68. The van der Waals surface area contributed by atoms with Gasteiger partial charge in [-0.05, 0) is 6.42 Å². The number of aromatic nitrogens is 3. The van der Waals surface area contributed by atoms with E-state index in [1.165, 1.54) is 11.0 Å². The second-order valence-electron chi connectivity index (χ2n) is 3.97. The molecule has 1 aromatic rings. The number of rotatable bonds is 6.